The van der Waals surface area contributed by atoms with Crippen molar-refractivity contribution in [1.29, 1.82) is 0 Å². The fourth-order valence-electron chi connectivity index (χ4n) is 3.04. The summed E-state index contributed by atoms with van der Waals surface area (Å²) in [6.07, 6.45) is 23.8. The Balaban J connectivity index is 3.05. The maximum atomic E-state index is 10.7. The Bertz CT molecular complexity index is 321. The van der Waals surface area contributed by atoms with Gasteiger partial charge in [-0.2, -0.15) is 0 Å². The number of carbonyl (C=O) groups excluding carboxylic acids is 1. The summed E-state index contributed by atoms with van der Waals surface area (Å²) in [6.45, 7) is 3.89. The van der Waals surface area contributed by atoms with Gasteiger partial charge in [-0.05, 0) is 13.3 Å². The standard InChI is InChI=1S/C23H42O/c1-3-4-5-6-7-8-9-10-11-12-13-14-15-16-17-18-19-20-21-22-23(2)24/h3-19,22H2,1-2H3. The molecule has 1 heteroatoms. The number of carbonyl (C=O) groups is 1. The van der Waals surface area contributed by atoms with Crippen LogP contribution in [0.4, 0.5) is 0 Å². The van der Waals surface area contributed by atoms with Gasteiger partial charge in [0, 0.05) is 6.42 Å². The Morgan fingerprint density at radius 3 is 1.33 bits per heavy atom. The molecule has 0 fully saturated rings. The van der Waals surface area contributed by atoms with E-state index in [1.165, 1.54) is 103 Å². The number of rotatable bonds is 17. The molecular weight excluding hydrogens is 292 g/mol. The van der Waals surface area contributed by atoms with E-state index >= 15 is 0 Å². The van der Waals surface area contributed by atoms with Crippen molar-refractivity contribution in [3.63, 3.8) is 0 Å². The fraction of sp³-hybridized carbons (Fsp3) is 0.870. The van der Waals surface area contributed by atoms with Crippen LogP contribution in [-0.2, 0) is 4.79 Å². The molecule has 0 unspecified atom stereocenters. The highest BCUT2D eigenvalue weighted by molar-refractivity contribution is 5.77. The van der Waals surface area contributed by atoms with Gasteiger partial charge in [0.1, 0.15) is 5.78 Å². The smallest absolute Gasteiger partial charge is 0.141 e. The summed E-state index contributed by atoms with van der Waals surface area (Å²) in [7, 11) is 0. The molecule has 0 aromatic heterocycles. The van der Waals surface area contributed by atoms with Gasteiger partial charge in [-0.3, -0.25) is 4.79 Å². The summed E-state index contributed by atoms with van der Waals surface area (Å²) in [5.41, 5.74) is 0. The highest BCUT2D eigenvalue weighted by atomic mass is 16.1. The van der Waals surface area contributed by atoms with E-state index in [0.717, 1.165) is 6.42 Å². The summed E-state index contributed by atoms with van der Waals surface area (Å²) in [4.78, 5) is 10.7. The fourth-order valence-corrected chi connectivity index (χ4v) is 3.04. The first kappa shape index (κ1) is 23.2. The average Bonchev–Trinajstić information content (AvgIpc) is 2.56. The zero-order chi connectivity index (χ0) is 17.7. The molecule has 0 spiro atoms. The molecule has 0 amide bonds. The predicted molar refractivity (Wildman–Crippen MR) is 107 cm³/mol. The first-order chi connectivity index (χ1) is 11.8. The highest BCUT2D eigenvalue weighted by Crippen LogP contribution is 2.13. The molecule has 0 aliphatic rings. The van der Waals surface area contributed by atoms with Crippen molar-refractivity contribution >= 4 is 5.78 Å². The normalized spacial score (nSPS) is 10.4. The Labute approximate surface area is 152 Å². The van der Waals surface area contributed by atoms with Crippen LogP contribution in [0.2, 0.25) is 0 Å². The SMILES string of the molecule is CCCCCCCCCCCCCCCCCCC#CCC(C)=O. The molecule has 0 N–H and O–H groups in total. The highest BCUT2D eigenvalue weighted by Gasteiger charge is 1.94. The molecule has 0 aliphatic heterocycles. The second kappa shape index (κ2) is 20.3. The van der Waals surface area contributed by atoms with Gasteiger partial charge < -0.3 is 0 Å². The molecular formula is C23H42O. The van der Waals surface area contributed by atoms with Gasteiger partial charge in [0.2, 0.25) is 0 Å². The minimum Gasteiger partial charge on any atom is -0.299 e. The van der Waals surface area contributed by atoms with Crippen molar-refractivity contribution in [2.75, 3.05) is 0 Å². The average molecular weight is 335 g/mol. The van der Waals surface area contributed by atoms with E-state index in [2.05, 4.69) is 18.8 Å². The molecule has 1 nitrogen and oxygen atoms in total. The van der Waals surface area contributed by atoms with Gasteiger partial charge in [0.15, 0.2) is 0 Å². The maximum absolute atomic E-state index is 10.7. The molecule has 0 aliphatic carbocycles. The number of hydrogen-bond acceptors (Lipinski definition) is 1. The summed E-state index contributed by atoms with van der Waals surface area (Å²) in [5, 5.41) is 0. The van der Waals surface area contributed by atoms with E-state index < -0.39 is 0 Å². The lowest BCUT2D eigenvalue weighted by Crippen LogP contribution is -1.85. The Kier molecular flexibility index (Phi) is 19.6. The minimum absolute atomic E-state index is 0.175. The number of unbranched alkanes of at least 4 members (excludes halogenated alkanes) is 16. The molecule has 0 rings (SSSR count). The van der Waals surface area contributed by atoms with Crippen LogP contribution < -0.4 is 0 Å². The van der Waals surface area contributed by atoms with Crippen LogP contribution in [0.25, 0.3) is 0 Å². The monoisotopic (exact) mass is 334 g/mol. The van der Waals surface area contributed by atoms with Crippen molar-refractivity contribution < 1.29 is 4.79 Å². The van der Waals surface area contributed by atoms with Gasteiger partial charge >= 0.3 is 0 Å². The van der Waals surface area contributed by atoms with Gasteiger partial charge in [-0.25, -0.2) is 0 Å². The van der Waals surface area contributed by atoms with Crippen LogP contribution in [0.3, 0.4) is 0 Å². The van der Waals surface area contributed by atoms with E-state index in [1.54, 1.807) is 6.92 Å². The van der Waals surface area contributed by atoms with E-state index in [1.807, 2.05) is 0 Å². The molecule has 0 saturated carbocycles. The summed E-state index contributed by atoms with van der Waals surface area (Å²) in [5.74, 6) is 6.21. The summed E-state index contributed by atoms with van der Waals surface area (Å²) >= 11 is 0. The van der Waals surface area contributed by atoms with Gasteiger partial charge in [-0.15, -0.1) is 5.92 Å². The second-order valence-electron chi connectivity index (χ2n) is 7.29. The number of Topliss-reactive ketones (excluding diaryl/α,β-unsaturated/α-hetero) is 1. The lowest BCUT2D eigenvalue weighted by molar-refractivity contribution is -0.116. The van der Waals surface area contributed by atoms with Crippen LogP contribution in [0.5, 0.6) is 0 Å². The maximum Gasteiger partial charge on any atom is 0.141 e. The predicted octanol–water partition coefficient (Wildman–Crippen LogP) is 7.62. The molecule has 0 bridgehead atoms. The second-order valence-corrected chi connectivity index (χ2v) is 7.29. The van der Waals surface area contributed by atoms with E-state index in [0.29, 0.717) is 6.42 Å². The lowest BCUT2D eigenvalue weighted by atomic mass is 10.0. The van der Waals surface area contributed by atoms with Crippen molar-refractivity contribution in [2.24, 2.45) is 0 Å². The molecule has 0 heterocycles. The Morgan fingerprint density at radius 1 is 0.583 bits per heavy atom. The van der Waals surface area contributed by atoms with Crippen molar-refractivity contribution in [1.82, 2.24) is 0 Å². The van der Waals surface area contributed by atoms with Crippen molar-refractivity contribution in [3.05, 3.63) is 0 Å². The topological polar surface area (TPSA) is 17.1 Å². The molecule has 0 aromatic rings. The van der Waals surface area contributed by atoms with Gasteiger partial charge in [0.25, 0.3) is 0 Å². The van der Waals surface area contributed by atoms with Crippen molar-refractivity contribution in [3.8, 4) is 11.8 Å². The quantitative estimate of drug-likeness (QED) is 0.197. The zero-order valence-corrected chi connectivity index (χ0v) is 16.6. The van der Waals surface area contributed by atoms with E-state index in [-0.39, 0.29) is 5.78 Å². The van der Waals surface area contributed by atoms with E-state index in [9.17, 15) is 4.79 Å². The molecule has 0 atom stereocenters. The van der Waals surface area contributed by atoms with Crippen LogP contribution in [0.15, 0.2) is 0 Å². The van der Waals surface area contributed by atoms with Crippen LogP contribution in [-0.4, -0.2) is 5.78 Å². The zero-order valence-electron chi connectivity index (χ0n) is 16.6. The largest absolute Gasteiger partial charge is 0.299 e. The molecule has 0 saturated heterocycles. The van der Waals surface area contributed by atoms with Crippen LogP contribution in [0.1, 0.15) is 129 Å². The lowest BCUT2D eigenvalue weighted by Gasteiger charge is -2.03. The van der Waals surface area contributed by atoms with Crippen LogP contribution >= 0.6 is 0 Å². The third kappa shape index (κ3) is 21.2. The number of hydrogen-bond donors (Lipinski definition) is 0. The Morgan fingerprint density at radius 2 is 0.958 bits per heavy atom. The molecule has 140 valence electrons. The van der Waals surface area contributed by atoms with Gasteiger partial charge in [0.05, 0.1) is 6.42 Å². The summed E-state index contributed by atoms with van der Waals surface area (Å²) < 4.78 is 0. The third-order valence-corrected chi connectivity index (χ3v) is 4.62. The minimum atomic E-state index is 0.175. The molecule has 24 heavy (non-hydrogen) atoms. The number of ketones is 1. The molecule has 0 radical (unpaired) electrons. The first-order valence-corrected chi connectivity index (χ1v) is 10.7. The molecule has 0 aromatic carbocycles. The first-order valence-electron chi connectivity index (χ1n) is 10.7. The third-order valence-electron chi connectivity index (χ3n) is 4.62. The van der Waals surface area contributed by atoms with E-state index in [4.69, 9.17) is 0 Å². The van der Waals surface area contributed by atoms with Crippen molar-refractivity contribution in [2.45, 2.75) is 129 Å². The summed E-state index contributed by atoms with van der Waals surface area (Å²) in [6, 6.07) is 0. The van der Waals surface area contributed by atoms with Gasteiger partial charge in [-0.1, -0.05) is 109 Å². The van der Waals surface area contributed by atoms with Crippen LogP contribution in [0, 0.1) is 11.8 Å². The Hall–Kier alpha value is -0.770.